The second kappa shape index (κ2) is 5.64. The van der Waals surface area contributed by atoms with Crippen LogP contribution in [-0.4, -0.2) is 31.0 Å². The lowest BCUT2D eigenvalue weighted by Gasteiger charge is -2.32. The molecular weight excluding hydrogens is 232 g/mol. The first kappa shape index (κ1) is 12.6. The van der Waals surface area contributed by atoms with E-state index in [1.165, 1.54) is 0 Å². The SMILES string of the molecule is O=C([O-])C[C@H]1C(=O)NCC[NH+]1Cc1ccccc1. The predicted octanol–water partition coefficient (Wildman–Crippen LogP) is -2.29. The number of hydrogen-bond acceptors (Lipinski definition) is 3. The number of quaternary nitrogens is 1. The standard InChI is InChI=1S/C13H16N2O3/c16-12(17)8-11-13(18)14-6-7-15(11)9-10-4-2-1-3-5-10/h1-5,11H,6-9H2,(H,14,18)(H,16,17)/t11-/m0/s1. The minimum Gasteiger partial charge on any atom is -0.550 e. The van der Waals surface area contributed by atoms with E-state index < -0.39 is 12.0 Å². The Morgan fingerprint density at radius 1 is 1.39 bits per heavy atom. The highest BCUT2D eigenvalue weighted by Crippen LogP contribution is 1.98. The molecule has 1 unspecified atom stereocenters. The summed E-state index contributed by atoms with van der Waals surface area (Å²) in [5.74, 6) is -1.38. The number of rotatable bonds is 4. The summed E-state index contributed by atoms with van der Waals surface area (Å²) < 4.78 is 0. The van der Waals surface area contributed by atoms with E-state index in [4.69, 9.17) is 0 Å². The van der Waals surface area contributed by atoms with Gasteiger partial charge in [0.15, 0.2) is 6.04 Å². The van der Waals surface area contributed by atoms with Crippen molar-refractivity contribution in [3.05, 3.63) is 35.9 Å². The third-order valence-electron chi connectivity index (χ3n) is 3.20. The number of carbonyl (C=O) groups is 2. The summed E-state index contributed by atoms with van der Waals surface area (Å²) in [5, 5.41) is 13.4. The Morgan fingerprint density at radius 2 is 2.11 bits per heavy atom. The predicted molar refractivity (Wildman–Crippen MR) is 62.4 cm³/mol. The van der Waals surface area contributed by atoms with Crippen molar-refractivity contribution in [1.82, 2.24) is 5.32 Å². The van der Waals surface area contributed by atoms with E-state index in [0.717, 1.165) is 17.0 Å². The highest BCUT2D eigenvalue weighted by molar-refractivity contribution is 5.84. The van der Waals surface area contributed by atoms with Crippen LogP contribution in [0.5, 0.6) is 0 Å². The molecular formula is C13H16N2O3. The molecule has 2 N–H and O–H groups in total. The van der Waals surface area contributed by atoms with Gasteiger partial charge in [0, 0.05) is 18.0 Å². The van der Waals surface area contributed by atoms with Crippen LogP contribution in [0.2, 0.25) is 0 Å². The van der Waals surface area contributed by atoms with Crippen LogP contribution in [-0.2, 0) is 16.1 Å². The van der Waals surface area contributed by atoms with Crippen LogP contribution in [0.3, 0.4) is 0 Å². The Bertz CT molecular complexity index is 433. The van der Waals surface area contributed by atoms with Gasteiger partial charge in [0.2, 0.25) is 0 Å². The maximum Gasteiger partial charge on any atom is 0.278 e. The van der Waals surface area contributed by atoms with E-state index >= 15 is 0 Å². The third kappa shape index (κ3) is 3.07. The van der Waals surface area contributed by atoms with E-state index in [2.05, 4.69) is 5.32 Å². The molecule has 5 nitrogen and oxygen atoms in total. The van der Waals surface area contributed by atoms with Crippen molar-refractivity contribution in [2.75, 3.05) is 13.1 Å². The highest BCUT2D eigenvalue weighted by atomic mass is 16.4. The van der Waals surface area contributed by atoms with Gasteiger partial charge in [-0.1, -0.05) is 30.3 Å². The zero-order valence-corrected chi connectivity index (χ0v) is 10.0. The van der Waals surface area contributed by atoms with Crippen molar-refractivity contribution in [3.8, 4) is 0 Å². The molecule has 0 aliphatic carbocycles. The Morgan fingerprint density at radius 3 is 2.78 bits per heavy atom. The van der Waals surface area contributed by atoms with Gasteiger partial charge in [-0.25, -0.2) is 0 Å². The molecule has 1 heterocycles. The van der Waals surface area contributed by atoms with Gasteiger partial charge in [-0.05, 0) is 0 Å². The zero-order valence-electron chi connectivity index (χ0n) is 10.0. The van der Waals surface area contributed by atoms with Crippen molar-refractivity contribution in [2.24, 2.45) is 0 Å². The van der Waals surface area contributed by atoms with Crippen molar-refractivity contribution < 1.29 is 19.6 Å². The highest BCUT2D eigenvalue weighted by Gasteiger charge is 2.33. The summed E-state index contributed by atoms with van der Waals surface area (Å²) in [6.45, 7) is 1.98. The molecule has 2 atom stereocenters. The number of aliphatic carboxylic acids is 1. The molecule has 0 radical (unpaired) electrons. The van der Waals surface area contributed by atoms with Crippen LogP contribution in [0, 0.1) is 0 Å². The molecule has 0 bridgehead atoms. The lowest BCUT2D eigenvalue weighted by Crippen LogP contribution is -3.18. The summed E-state index contributed by atoms with van der Waals surface area (Å²) >= 11 is 0. The number of carbonyl (C=O) groups excluding carboxylic acids is 2. The molecule has 0 spiro atoms. The molecule has 96 valence electrons. The fraction of sp³-hybridized carbons (Fsp3) is 0.385. The van der Waals surface area contributed by atoms with E-state index in [1.807, 2.05) is 30.3 Å². The maximum absolute atomic E-state index is 11.7. The van der Waals surface area contributed by atoms with E-state index in [1.54, 1.807) is 0 Å². The molecule has 2 rings (SSSR count). The molecule has 1 aromatic carbocycles. The Hall–Kier alpha value is -1.88. The Kier molecular flexibility index (Phi) is 3.94. The summed E-state index contributed by atoms with van der Waals surface area (Å²) in [5.41, 5.74) is 1.10. The van der Waals surface area contributed by atoms with Gasteiger partial charge in [0.1, 0.15) is 6.54 Å². The summed E-state index contributed by atoms with van der Waals surface area (Å²) in [7, 11) is 0. The fourth-order valence-electron chi connectivity index (χ4n) is 2.30. The second-order valence-electron chi connectivity index (χ2n) is 4.49. The van der Waals surface area contributed by atoms with Gasteiger partial charge in [0.05, 0.1) is 13.1 Å². The molecule has 1 aliphatic rings. The topological polar surface area (TPSA) is 73.7 Å². The van der Waals surface area contributed by atoms with Gasteiger partial charge in [-0.3, -0.25) is 4.79 Å². The molecule has 5 heteroatoms. The Labute approximate surface area is 105 Å². The van der Waals surface area contributed by atoms with Crippen LogP contribution < -0.4 is 15.3 Å². The number of hydrogen-bond donors (Lipinski definition) is 2. The average Bonchev–Trinajstić information content (AvgIpc) is 2.34. The van der Waals surface area contributed by atoms with E-state index in [-0.39, 0.29) is 12.3 Å². The number of nitrogens with one attached hydrogen (secondary N) is 2. The van der Waals surface area contributed by atoms with Crippen LogP contribution in [0.15, 0.2) is 30.3 Å². The number of piperazine rings is 1. The van der Waals surface area contributed by atoms with Crippen molar-refractivity contribution in [3.63, 3.8) is 0 Å². The first-order chi connectivity index (χ1) is 8.66. The van der Waals surface area contributed by atoms with Crippen molar-refractivity contribution in [2.45, 2.75) is 19.0 Å². The number of carboxylic acids is 1. The number of benzene rings is 1. The maximum atomic E-state index is 11.7. The minimum absolute atomic E-state index is 0.198. The van der Waals surface area contributed by atoms with Gasteiger partial charge in [-0.15, -0.1) is 0 Å². The van der Waals surface area contributed by atoms with Crippen LogP contribution in [0.1, 0.15) is 12.0 Å². The summed E-state index contributed by atoms with van der Waals surface area (Å²) in [4.78, 5) is 23.4. The van der Waals surface area contributed by atoms with E-state index in [0.29, 0.717) is 13.1 Å². The monoisotopic (exact) mass is 248 g/mol. The molecule has 0 saturated carbocycles. The first-order valence-corrected chi connectivity index (χ1v) is 6.03. The lowest BCUT2D eigenvalue weighted by molar-refractivity contribution is -0.930. The third-order valence-corrected chi connectivity index (χ3v) is 3.20. The van der Waals surface area contributed by atoms with Crippen molar-refractivity contribution >= 4 is 11.9 Å². The number of amides is 1. The van der Waals surface area contributed by atoms with E-state index in [9.17, 15) is 14.7 Å². The molecule has 0 aromatic heterocycles. The molecule has 1 aromatic rings. The largest absolute Gasteiger partial charge is 0.550 e. The van der Waals surface area contributed by atoms with Crippen LogP contribution >= 0.6 is 0 Å². The van der Waals surface area contributed by atoms with Crippen LogP contribution in [0.4, 0.5) is 0 Å². The van der Waals surface area contributed by atoms with Gasteiger partial charge in [-0.2, -0.15) is 0 Å². The smallest absolute Gasteiger partial charge is 0.278 e. The van der Waals surface area contributed by atoms with Crippen LogP contribution in [0.25, 0.3) is 0 Å². The number of carboxylic acid groups (broad SMARTS) is 1. The van der Waals surface area contributed by atoms with Gasteiger partial charge in [0.25, 0.3) is 5.91 Å². The molecule has 1 fully saturated rings. The second-order valence-corrected chi connectivity index (χ2v) is 4.49. The summed E-state index contributed by atoms with van der Waals surface area (Å²) in [6, 6.07) is 9.22. The zero-order chi connectivity index (χ0) is 13.0. The Balaban J connectivity index is 2.08. The molecule has 1 aliphatic heterocycles. The molecule has 18 heavy (non-hydrogen) atoms. The fourth-order valence-corrected chi connectivity index (χ4v) is 2.30. The molecule has 1 amide bonds. The quantitative estimate of drug-likeness (QED) is 0.630. The van der Waals surface area contributed by atoms with Gasteiger partial charge < -0.3 is 20.1 Å². The van der Waals surface area contributed by atoms with Gasteiger partial charge >= 0.3 is 0 Å². The lowest BCUT2D eigenvalue weighted by atomic mass is 10.1. The molecule has 1 saturated heterocycles. The average molecular weight is 248 g/mol. The first-order valence-electron chi connectivity index (χ1n) is 6.03. The normalized spacial score (nSPS) is 23.4. The minimum atomic E-state index is -1.18. The summed E-state index contributed by atoms with van der Waals surface area (Å²) in [6.07, 6.45) is -0.228. The van der Waals surface area contributed by atoms with Crippen molar-refractivity contribution in [1.29, 1.82) is 0 Å².